The summed E-state index contributed by atoms with van der Waals surface area (Å²) in [6.07, 6.45) is 8.39. The first-order chi connectivity index (χ1) is 10.7. The van der Waals surface area contributed by atoms with Crippen molar-refractivity contribution in [2.75, 3.05) is 13.1 Å². The van der Waals surface area contributed by atoms with Crippen LogP contribution in [0.5, 0.6) is 0 Å². The van der Waals surface area contributed by atoms with E-state index in [4.69, 9.17) is 0 Å². The number of nitrogens with zero attached hydrogens (tertiary/aromatic N) is 1. The Hall–Kier alpha value is -0.390. The normalized spacial score (nSPS) is 24.3. The molecular weight excluding hydrogens is 360 g/mol. The standard InChI is InChI=1S/C17H25BrN2OS/c18-15-8-10-22-16(15)12-20-9-4-5-13(11-20)17(21)19-14-6-2-1-3-7-14/h8,10,13-14H,1-7,9,11-12H2,(H,19,21). The van der Waals surface area contributed by atoms with E-state index in [1.54, 1.807) is 11.3 Å². The maximum Gasteiger partial charge on any atom is 0.224 e. The number of hydrogen-bond acceptors (Lipinski definition) is 3. The van der Waals surface area contributed by atoms with Crippen molar-refractivity contribution in [3.63, 3.8) is 0 Å². The van der Waals surface area contributed by atoms with E-state index in [0.29, 0.717) is 11.9 Å². The first kappa shape index (κ1) is 16.5. The van der Waals surface area contributed by atoms with Crippen LogP contribution < -0.4 is 5.32 Å². The lowest BCUT2D eigenvalue weighted by Gasteiger charge is -2.33. The Bertz CT molecular complexity index is 499. The smallest absolute Gasteiger partial charge is 0.224 e. The van der Waals surface area contributed by atoms with Gasteiger partial charge in [0.05, 0.1) is 5.92 Å². The van der Waals surface area contributed by atoms with Crippen LogP contribution in [0.25, 0.3) is 0 Å². The Labute approximate surface area is 145 Å². The number of rotatable bonds is 4. The molecular formula is C17H25BrN2OS. The van der Waals surface area contributed by atoms with Crippen LogP contribution in [0.15, 0.2) is 15.9 Å². The minimum Gasteiger partial charge on any atom is -0.353 e. The maximum absolute atomic E-state index is 12.5. The van der Waals surface area contributed by atoms with Gasteiger partial charge in [-0.25, -0.2) is 0 Å². The van der Waals surface area contributed by atoms with Crippen LogP contribution in [0, 0.1) is 5.92 Å². The highest BCUT2D eigenvalue weighted by Crippen LogP contribution is 2.27. The van der Waals surface area contributed by atoms with Gasteiger partial charge in [0.2, 0.25) is 5.91 Å². The zero-order chi connectivity index (χ0) is 15.4. The molecule has 1 aromatic rings. The zero-order valence-electron chi connectivity index (χ0n) is 13.0. The number of hydrogen-bond donors (Lipinski definition) is 1. The molecule has 0 aromatic carbocycles. The van der Waals surface area contributed by atoms with E-state index >= 15 is 0 Å². The molecule has 1 aliphatic carbocycles. The van der Waals surface area contributed by atoms with Gasteiger partial charge in [-0.3, -0.25) is 9.69 Å². The fourth-order valence-corrected chi connectivity index (χ4v) is 5.14. The van der Waals surface area contributed by atoms with Gasteiger partial charge in [-0.15, -0.1) is 11.3 Å². The molecule has 122 valence electrons. The summed E-state index contributed by atoms with van der Waals surface area (Å²) in [5, 5.41) is 5.43. The highest BCUT2D eigenvalue weighted by Gasteiger charge is 2.28. The second-order valence-corrected chi connectivity index (χ2v) is 8.46. The second kappa shape index (κ2) is 7.93. The first-order valence-corrected chi connectivity index (χ1v) is 10.1. The number of thiophene rings is 1. The highest BCUT2D eigenvalue weighted by molar-refractivity contribution is 9.10. The molecule has 2 aliphatic rings. The van der Waals surface area contributed by atoms with Crippen LogP contribution in [0.2, 0.25) is 0 Å². The number of piperidine rings is 1. The highest BCUT2D eigenvalue weighted by atomic mass is 79.9. The molecule has 3 rings (SSSR count). The van der Waals surface area contributed by atoms with E-state index in [1.807, 2.05) is 0 Å². The number of carbonyl (C=O) groups excluding carboxylic acids is 1. The van der Waals surface area contributed by atoms with Crippen molar-refractivity contribution >= 4 is 33.2 Å². The lowest BCUT2D eigenvalue weighted by molar-refractivity contribution is -0.127. The summed E-state index contributed by atoms with van der Waals surface area (Å²) in [5.41, 5.74) is 0. The summed E-state index contributed by atoms with van der Waals surface area (Å²) >= 11 is 5.40. The van der Waals surface area contributed by atoms with Crippen molar-refractivity contribution < 1.29 is 4.79 Å². The monoisotopic (exact) mass is 384 g/mol. The van der Waals surface area contributed by atoms with Crippen LogP contribution in [0.3, 0.4) is 0 Å². The molecule has 0 radical (unpaired) electrons. The Morgan fingerprint density at radius 1 is 1.27 bits per heavy atom. The molecule has 2 heterocycles. The van der Waals surface area contributed by atoms with Gasteiger partial charge in [-0.05, 0) is 59.6 Å². The molecule has 0 spiro atoms. The molecule has 1 unspecified atom stereocenters. The Morgan fingerprint density at radius 2 is 2.09 bits per heavy atom. The molecule has 1 atom stereocenters. The summed E-state index contributed by atoms with van der Waals surface area (Å²) in [6.45, 7) is 2.98. The molecule has 2 fully saturated rings. The number of amides is 1. The zero-order valence-corrected chi connectivity index (χ0v) is 15.4. The van der Waals surface area contributed by atoms with Crippen molar-refractivity contribution in [2.45, 2.75) is 57.5 Å². The third kappa shape index (κ3) is 4.33. The van der Waals surface area contributed by atoms with Gasteiger partial charge in [-0.2, -0.15) is 0 Å². The minimum absolute atomic E-state index is 0.175. The molecule has 1 amide bonds. The van der Waals surface area contributed by atoms with Gasteiger partial charge in [0, 0.05) is 28.5 Å². The van der Waals surface area contributed by atoms with Gasteiger partial charge in [-0.1, -0.05) is 19.3 Å². The lowest BCUT2D eigenvalue weighted by Crippen LogP contribution is -2.46. The number of likely N-dealkylation sites (tertiary alicyclic amines) is 1. The average Bonchev–Trinajstić information content (AvgIpc) is 2.94. The van der Waals surface area contributed by atoms with Crippen molar-refractivity contribution in [2.24, 2.45) is 5.92 Å². The van der Waals surface area contributed by atoms with Crippen molar-refractivity contribution in [1.29, 1.82) is 0 Å². The average molecular weight is 385 g/mol. The van der Waals surface area contributed by atoms with E-state index in [9.17, 15) is 4.79 Å². The Kier molecular flexibility index (Phi) is 5.94. The van der Waals surface area contributed by atoms with Gasteiger partial charge < -0.3 is 5.32 Å². The van der Waals surface area contributed by atoms with E-state index in [0.717, 1.165) is 32.5 Å². The van der Waals surface area contributed by atoms with Crippen molar-refractivity contribution in [3.8, 4) is 0 Å². The third-order valence-corrected chi connectivity index (χ3v) is 6.80. The quantitative estimate of drug-likeness (QED) is 0.844. The molecule has 0 bridgehead atoms. The molecule has 3 nitrogen and oxygen atoms in total. The summed E-state index contributed by atoms with van der Waals surface area (Å²) in [6, 6.07) is 2.54. The molecule has 1 saturated heterocycles. The largest absolute Gasteiger partial charge is 0.353 e. The fraction of sp³-hybridized carbons (Fsp3) is 0.706. The molecule has 5 heteroatoms. The van der Waals surface area contributed by atoms with Gasteiger partial charge in [0.1, 0.15) is 0 Å². The minimum atomic E-state index is 0.175. The lowest BCUT2D eigenvalue weighted by atomic mass is 9.93. The van der Waals surface area contributed by atoms with E-state index in [2.05, 4.69) is 37.6 Å². The molecule has 1 aliphatic heterocycles. The molecule has 1 saturated carbocycles. The summed E-state index contributed by atoms with van der Waals surface area (Å²) in [5.74, 6) is 0.469. The van der Waals surface area contributed by atoms with Crippen molar-refractivity contribution in [1.82, 2.24) is 10.2 Å². The van der Waals surface area contributed by atoms with Crippen LogP contribution in [-0.2, 0) is 11.3 Å². The number of carbonyl (C=O) groups is 1. The molecule has 1 N–H and O–H groups in total. The van der Waals surface area contributed by atoms with E-state index in [-0.39, 0.29) is 5.92 Å². The van der Waals surface area contributed by atoms with Crippen LogP contribution in [0.4, 0.5) is 0 Å². The van der Waals surface area contributed by atoms with Gasteiger partial charge in [0.15, 0.2) is 0 Å². The fourth-order valence-electron chi connectivity index (χ4n) is 3.62. The predicted octanol–water partition coefficient (Wildman–Crippen LogP) is 4.17. The summed E-state index contributed by atoms with van der Waals surface area (Å²) in [7, 11) is 0. The molecule has 22 heavy (non-hydrogen) atoms. The first-order valence-electron chi connectivity index (χ1n) is 8.47. The SMILES string of the molecule is O=C(NC1CCCCC1)C1CCCN(Cc2sccc2Br)C1. The summed E-state index contributed by atoms with van der Waals surface area (Å²) < 4.78 is 1.20. The number of halogens is 1. The number of nitrogens with one attached hydrogen (secondary N) is 1. The predicted molar refractivity (Wildman–Crippen MR) is 95.0 cm³/mol. The van der Waals surface area contributed by atoms with E-state index in [1.165, 1.54) is 41.5 Å². The Morgan fingerprint density at radius 3 is 2.82 bits per heavy atom. The topological polar surface area (TPSA) is 32.3 Å². The third-order valence-electron chi connectivity index (χ3n) is 4.89. The van der Waals surface area contributed by atoms with Crippen LogP contribution in [0.1, 0.15) is 49.8 Å². The van der Waals surface area contributed by atoms with E-state index < -0.39 is 0 Å². The van der Waals surface area contributed by atoms with Crippen LogP contribution in [-0.4, -0.2) is 29.9 Å². The van der Waals surface area contributed by atoms with Crippen molar-refractivity contribution in [3.05, 3.63) is 20.8 Å². The Balaban J connectivity index is 1.51. The van der Waals surface area contributed by atoms with Gasteiger partial charge >= 0.3 is 0 Å². The summed E-state index contributed by atoms with van der Waals surface area (Å²) in [4.78, 5) is 16.3. The van der Waals surface area contributed by atoms with Gasteiger partial charge in [0.25, 0.3) is 0 Å². The molecule has 1 aromatic heterocycles. The van der Waals surface area contributed by atoms with Crippen LogP contribution >= 0.6 is 27.3 Å². The second-order valence-electron chi connectivity index (χ2n) is 6.61. The maximum atomic E-state index is 12.5.